The number of aromatic amines is 1. The summed E-state index contributed by atoms with van der Waals surface area (Å²) in [6, 6.07) is 9.55. The summed E-state index contributed by atoms with van der Waals surface area (Å²) in [6.45, 7) is 2.49. The number of carbonyl (C=O) groups is 1. The Bertz CT molecular complexity index is 1030. The molecule has 140 valence electrons. The van der Waals surface area contributed by atoms with E-state index in [1.807, 2.05) is 30.3 Å². The standard InChI is InChI=1S/C20H20N2O3S2/c1-12-7-8-14-15(9-12)27-19-17(14)18(24)21-20(22-19)26-11-16(23)25-10-13-5-3-2-4-6-13/h2-6,12H,7-11H2,1H3,(H,21,22,24). The SMILES string of the molecule is CC1CCc2c(sc3nc(SCC(=O)OCc4ccccc4)[nH]c(=O)c23)C1. The maximum absolute atomic E-state index is 12.6. The highest BCUT2D eigenvalue weighted by atomic mass is 32.2. The third kappa shape index (κ3) is 4.09. The number of H-pyrrole nitrogens is 1. The van der Waals surface area contributed by atoms with E-state index in [0.717, 1.165) is 35.0 Å². The highest BCUT2D eigenvalue weighted by molar-refractivity contribution is 7.99. The smallest absolute Gasteiger partial charge is 0.316 e. The van der Waals surface area contributed by atoms with Crippen LogP contribution in [0.1, 0.15) is 29.3 Å². The Morgan fingerprint density at radius 3 is 3.00 bits per heavy atom. The number of nitrogens with zero attached hydrogens (tertiary/aromatic N) is 1. The second-order valence-electron chi connectivity index (χ2n) is 6.84. The summed E-state index contributed by atoms with van der Waals surface area (Å²) in [5, 5.41) is 1.20. The van der Waals surface area contributed by atoms with Crippen molar-refractivity contribution in [1.82, 2.24) is 9.97 Å². The summed E-state index contributed by atoms with van der Waals surface area (Å²) in [4.78, 5) is 34.0. The van der Waals surface area contributed by atoms with Crippen molar-refractivity contribution in [3.05, 3.63) is 56.7 Å². The Kier molecular flexibility index (Phi) is 5.31. The van der Waals surface area contributed by atoms with Crippen molar-refractivity contribution in [2.24, 2.45) is 5.92 Å². The lowest BCUT2D eigenvalue weighted by atomic mass is 9.89. The lowest BCUT2D eigenvalue weighted by Gasteiger charge is -2.17. The Labute approximate surface area is 165 Å². The molecule has 2 aromatic heterocycles. The fraction of sp³-hybridized carbons (Fsp3) is 0.350. The van der Waals surface area contributed by atoms with Crippen LogP contribution in [0.5, 0.6) is 0 Å². The summed E-state index contributed by atoms with van der Waals surface area (Å²) in [5.41, 5.74) is 2.01. The Morgan fingerprint density at radius 2 is 2.19 bits per heavy atom. The van der Waals surface area contributed by atoms with Crippen LogP contribution < -0.4 is 5.56 Å². The van der Waals surface area contributed by atoms with Crippen LogP contribution in [-0.4, -0.2) is 21.7 Å². The van der Waals surface area contributed by atoms with Crippen molar-refractivity contribution in [3.8, 4) is 0 Å². The molecule has 0 spiro atoms. The van der Waals surface area contributed by atoms with Crippen LogP contribution in [0.15, 0.2) is 40.3 Å². The highest BCUT2D eigenvalue weighted by Gasteiger charge is 2.23. The number of fused-ring (bicyclic) bond motifs is 3. The molecule has 2 heterocycles. The molecule has 1 aliphatic rings. The van der Waals surface area contributed by atoms with E-state index in [1.54, 1.807) is 11.3 Å². The van der Waals surface area contributed by atoms with Crippen molar-refractivity contribution in [3.63, 3.8) is 0 Å². The number of benzene rings is 1. The van der Waals surface area contributed by atoms with Crippen molar-refractivity contribution in [2.75, 3.05) is 5.75 Å². The summed E-state index contributed by atoms with van der Waals surface area (Å²) in [6.07, 6.45) is 3.08. The maximum atomic E-state index is 12.6. The molecule has 3 aromatic rings. The molecule has 4 rings (SSSR count). The highest BCUT2D eigenvalue weighted by Crippen LogP contribution is 2.36. The lowest BCUT2D eigenvalue weighted by molar-refractivity contribution is -0.141. The normalized spacial score (nSPS) is 16.3. The van der Waals surface area contributed by atoms with Gasteiger partial charge in [-0.15, -0.1) is 11.3 Å². The molecule has 0 fully saturated rings. The van der Waals surface area contributed by atoms with Gasteiger partial charge in [-0.1, -0.05) is 49.0 Å². The van der Waals surface area contributed by atoms with Gasteiger partial charge in [0.1, 0.15) is 11.4 Å². The largest absolute Gasteiger partial charge is 0.460 e. The van der Waals surface area contributed by atoms with Crippen molar-refractivity contribution >= 4 is 39.3 Å². The molecular formula is C20H20N2O3S2. The molecule has 1 unspecified atom stereocenters. The number of ether oxygens (including phenoxy) is 1. The van der Waals surface area contributed by atoms with Gasteiger partial charge in [0, 0.05) is 4.88 Å². The van der Waals surface area contributed by atoms with E-state index in [9.17, 15) is 9.59 Å². The Balaban J connectivity index is 1.43. The first kappa shape index (κ1) is 18.3. The van der Waals surface area contributed by atoms with Gasteiger partial charge in [-0.05, 0) is 36.3 Å². The van der Waals surface area contributed by atoms with Crippen LogP contribution >= 0.6 is 23.1 Å². The molecule has 0 radical (unpaired) electrons. The number of hydrogen-bond donors (Lipinski definition) is 1. The van der Waals surface area contributed by atoms with Crippen LogP contribution in [-0.2, 0) is 29.0 Å². The molecule has 1 N–H and O–H groups in total. The Hall–Kier alpha value is -2.12. The molecule has 0 saturated carbocycles. The first-order valence-corrected chi connectivity index (χ1v) is 10.8. The molecule has 27 heavy (non-hydrogen) atoms. The molecule has 1 aromatic carbocycles. The first-order chi connectivity index (χ1) is 13.1. The number of thiophene rings is 1. The molecular weight excluding hydrogens is 380 g/mol. The zero-order chi connectivity index (χ0) is 18.8. The lowest BCUT2D eigenvalue weighted by Crippen LogP contribution is -2.14. The average Bonchev–Trinajstić information content (AvgIpc) is 3.03. The second kappa shape index (κ2) is 7.86. The van der Waals surface area contributed by atoms with Gasteiger partial charge in [0.2, 0.25) is 0 Å². The average molecular weight is 401 g/mol. The maximum Gasteiger partial charge on any atom is 0.316 e. The van der Waals surface area contributed by atoms with E-state index in [0.29, 0.717) is 11.1 Å². The molecule has 1 atom stereocenters. The van der Waals surface area contributed by atoms with Crippen LogP contribution in [0.4, 0.5) is 0 Å². The third-order valence-corrected chi connectivity index (χ3v) is 6.71. The fourth-order valence-corrected chi connectivity index (χ4v) is 5.40. The number of carbonyl (C=O) groups excluding carboxylic acids is 1. The summed E-state index contributed by atoms with van der Waals surface area (Å²) >= 11 is 2.82. The van der Waals surface area contributed by atoms with Gasteiger partial charge in [-0.25, -0.2) is 4.98 Å². The summed E-state index contributed by atoms with van der Waals surface area (Å²) < 4.78 is 5.27. The van der Waals surface area contributed by atoms with E-state index in [4.69, 9.17) is 4.74 Å². The molecule has 5 nitrogen and oxygen atoms in total. The predicted molar refractivity (Wildman–Crippen MR) is 108 cm³/mol. The van der Waals surface area contributed by atoms with Crippen LogP contribution in [0, 0.1) is 5.92 Å². The van der Waals surface area contributed by atoms with Gasteiger partial charge in [0.15, 0.2) is 5.16 Å². The minimum absolute atomic E-state index is 0.104. The van der Waals surface area contributed by atoms with Crippen molar-refractivity contribution in [1.29, 1.82) is 0 Å². The number of rotatable bonds is 5. The first-order valence-electron chi connectivity index (χ1n) is 8.97. The summed E-state index contributed by atoms with van der Waals surface area (Å²) in [5.74, 6) is 0.437. The molecule has 0 amide bonds. The second-order valence-corrected chi connectivity index (χ2v) is 8.89. The van der Waals surface area contributed by atoms with Gasteiger partial charge < -0.3 is 9.72 Å². The number of nitrogens with one attached hydrogen (secondary N) is 1. The minimum Gasteiger partial charge on any atom is -0.460 e. The van der Waals surface area contributed by atoms with Gasteiger partial charge in [0.25, 0.3) is 5.56 Å². The molecule has 0 aliphatic heterocycles. The van der Waals surface area contributed by atoms with Crippen LogP contribution in [0.2, 0.25) is 0 Å². The van der Waals surface area contributed by atoms with Crippen LogP contribution in [0.3, 0.4) is 0 Å². The number of thioether (sulfide) groups is 1. The van der Waals surface area contributed by atoms with Crippen molar-refractivity contribution in [2.45, 2.75) is 37.9 Å². The van der Waals surface area contributed by atoms with E-state index in [2.05, 4.69) is 16.9 Å². The molecule has 0 bridgehead atoms. The van der Waals surface area contributed by atoms with Gasteiger partial charge in [0.05, 0.1) is 11.1 Å². The fourth-order valence-electron chi connectivity index (χ4n) is 3.30. The van der Waals surface area contributed by atoms with E-state index < -0.39 is 0 Å². The number of esters is 1. The zero-order valence-corrected chi connectivity index (χ0v) is 16.6. The van der Waals surface area contributed by atoms with Crippen molar-refractivity contribution < 1.29 is 9.53 Å². The number of aromatic nitrogens is 2. The van der Waals surface area contributed by atoms with Gasteiger partial charge >= 0.3 is 5.97 Å². The van der Waals surface area contributed by atoms with E-state index in [1.165, 1.54) is 22.2 Å². The molecule has 1 aliphatic carbocycles. The predicted octanol–water partition coefficient (Wildman–Crippen LogP) is 3.94. The summed E-state index contributed by atoms with van der Waals surface area (Å²) in [7, 11) is 0. The number of hydrogen-bond acceptors (Lipinski definition) is 6. The van der Waals surface area contributed by atoms with Crippen LogP contribution in [0.25, 0.3) is 10.2 Å². The quantitative estimate of drug-likeness (QED) is 0.399. The van der Waals surface area contributed by atoms with E-state index in [-0.39, 0.29) is 23.9 Å². The van der Waals surface area contributed by atoms with E-state index >= 15 is 0 Å². The topological polar surface area (TPSA) is 72.0 Å². The van der Waals surface area contributed by atoms with Gasteiger partial charge in [-0.3, -0.25) is 9.59 Å². The minimum atomic E-state index is -0.328. The Morgan fingerprint density at radius 1 is 1.37 bits per heavy atom. The third-order valence-electron chi connectivity index (χ3n) is 4.71. The zero-order valence-electron chi connectivity index (χ0n) is 15.0. The number of aryl methyl sites for hydroxylation is 1. The van der Waals surface area contributed by atoms with Gasteiger partial charge in [-0.2, -0.15) is 0 Å². The molecule has 7 heteroatoms. The molecule has 0 saturated heterocycles. The monoisotopic (exact) mass is 400 g/mol.